The molecule has 2 amide bonds. The van der Waals surface area contributed by atoms with Gasteiger partial charge in [0.1, 0.15) is 6.04 Å². The Morgan fingerprint density at radius 3 is 2.54 bits per heavy atom. The molecule has 1 saturated carbocycles. The van der Waals surface area contributed by atoms with Gasteiger partial charge in [-0.05, 0) is 56.7 Å². The van der Waals surface area contributed by atoms with Gasteiger partial charge in [0, 0.05) is 12.1 Å². The van der Waals surface area contributed by atoms with Gasteiger partial charge >= 0.3 is 0 Å². The molecule has 1 aliphatic heterocycles. The molecule has 1 atom stereocenters. The molecule has 2 N–H and O–H groups in total. The zero-order valence-electron chi connectivity index (χ0n) is 14.0. The van der Waals surface area contributed by atoms with E-state index in [9.17, 15) is 9.59 Å². The van der Waals surface area contributed by atoms with E-state index in [1.54, 1.807) is 30.2 Å². The third-order valence-electron chi connectivity index (χ3n) is 4.85. The number of hydrogen-bond acceptors (Lipinski definition) is 4. The third kappa shape index (κ3) is 3.32. The van der Waals surface area contributed by atoms with Gasteiger partial charge in [-0.3, -0.25) is 9.59 Å². The van der Waals surface area contributed by atoms with E-state index in [0.717, 1.165) is 19.3 Å². The number of amides is 2. The lowest BCUT2D eigenvalue weighted by Crippen LogP contribution is -2.43. The number of nitrogens with zero attached hydrogens (tertiary/aromatic N) is 1. The third-order valence-corrected chi connectivity index (χ3v) is 4.85. The van der Waals surface area contributed by atoms with Gasteiger partial charge in [-0.25, -0.2) is 0 Å². The predicted molar refractivity (Wildman–Crippen MR) is 89.1 cm³/mol. The highest BCUT2D eigenvalue weighted by Crippen LogP contribution is 2.33. The number of carbonyl (C=O) groups excluding carboxylic acids is 2. The SMILES string of the molecule is COc1ccc(C(=O)N2CCC[C@H]2C(N)=O)cc1OC1CCCC1. The first kappa shape index (κ1) is 16.6. The van der Waals surface area contributed by atoms with Crippen LogP contribution in [-0.2, 0) is 4.79 Å². The molecule has 1 aliphatic carbocycles. The average Bonchev–Trinajstić information content (AvgIpc) is 3.25. The maximum atomic E-state index is 12.8. The first-order valence-electron chi connectivity index (χ1n) is 8.55. The van der Waals surface area contributed by atoms with Crippen molar-refractivity contribution in [3.8, 4) is 11.5 Å². The van der Waals surface area contributed by atoms with Crippen molar-refractivity contribution in [3.63, 3.8) is 0 Å². The molecule has 2 fully saturated rings. The van der Waals surface area contributed by atoms with Crippen molar-refractivity contribution in [2.45, 2.75) is 50.7 Å². The summed E-state index contributed by atoms with van der Waals surface area (Å²) in [6.07, 6.45) is 5.98. The highest BCUT2D eigenvalue weighted by molar-refractivity contribution is 5.98. The number of ether oxygens (including phenoxy) is 2. The van der Waals surface area contributed by atoms with Crippen LogP contribution < -0.4 is 15.2 Å². The Balaban J connectivity index is 1.82. The average molecular weight is 332 g/mol. The zero-order chi connectivity index (χ0) is 17.1. The van der Waals surface area contributed by atoms with E-state index in [1.807, 2.05) is 0 Å². The topological polar surface area (TPSA) is 81.9 Å². The molecule has 0 radical (unpaired) electrons. The van der Waals surface area contributed by atoms with Gasteiger partial charge in [0.2, 0.25) is 5.91 Å². The van der Waals surface area contributed by atoms with Gasteiger partial charge in [-0.15, -0.1) is 0 Å². The maximum absolute atomic E-state index is 12.8. The standard InChI is InChI=1S/C18H24N2O4/c1-23-15-9-8-12(11-16(15)24-13-5-2-3-6-13)18(22)20-10-4-7-14(20)17(19)21/h8-9,11,13-14H,2-7,10H2,1H3,(H2,19,21)/t14-/m0/s1. The van der Waals surface area contributed by atoms with Crippen molar-refractivity contribution in [1.82, 2.24) is 4.90 Å². The highest BCUT2D eigenvalue weighted by Gasteiger charge is 2.33. The van der Waals surface area contributed by atoms with E-state index in [1.165, 1.54) is 12.8 Å². The summed E-state index contributed by atoms with van der Waals surface area (Å²) in [6.45, 7) is 0.553. The van der Waals surface area contributed by atoms with Crippen LogP contribution in [0.5, 0.6) is 11.5 Å². The molecule has 0 unspecified atom stereocenters. The molecule has 0 bridgehead atoms. The minimum absolute atomic E-state index is 0.175. The van der Waals surface area contributed by atoms with Crippen LogP contribution in [0.1, 0.15) is 48.9 Å². The molecular formula is C18H24N2O4. The van der Waals surface area contributed by atoms with E-state index < -0.39 is 11.9 Å². The van der Waals surface area contributed by atoms with E-state index in [2.05, 4.69) is 0 Å². The van der Waals surface area contributed by atoms with Crippen LogP contribution in [0, 0.1) is 0 Å². The summed E-state index contributed by atoms with van der Waals surface area (Å²) in [6, 6.07) is 4.65. The van der Waals surface area contributed by atoms with Crippen LogP contribution in [0.4, 0.5) is 0 Å². The number of primary amides is 1. The minimum atomic E-state index is -0.515. The Hall–Kier alpha value is -2.24. The fourth-order valence-electron chi connectivity index (χ4n) is 3.56. The largest absolute Gasteiger partial charge is 0.493 e. The van der Waals surface area contributed by atoms with Crippen molar-refractivity contribution < 1.29 is 19.1 Å². The fraction of sp³-hybridized carbons (Fsp3) is 0.556. The summed E-state index contributed by atoms with van der Waals surface area (Å²) >= 11 is 0. The normalized spacial score (nSPS) is 21.0. The molecule has 1 aromatic carbocycles. The molecule has 6 heteroatoms. The molecule has 1 saturated heterocycles. The zero-order valence-corrected chi connectivity index (χ0v) is 14.0. The monoisotopic (exact) mass is 332 g/mol. The molecule has 6 nitrogen and oxygen atoms in total. The van der Waals surface area contributed by atoms with Crippen LogP contribution in [0.3, 0.4) is 0 Å². The molecule has 1 heterocycles. The maximum Gasteiger partial charge on any atom is 0.254 e. The van der Waals surface area contributed by atoms with Crippen molar-refractivity contribution in [2.24, 2.45) is 5.73 Å². The van der Waals surface area contributed by atoms with Gasteiger partial charge in [-0.1, -0.05) is 0 Å². The molecule has 2 aliphatic rings. The number of methoxy groups -OCH3 is 1. The van der Waals surface area contributed by atoms with Crippen LogP contribution in [0.15, 0.2) is 18.2 Å². The quantitative estimate of drug-likeness (QED) is 0.895. The van der Waals surface area contributed by atoms with Crippen LogP contribution >= 0.6 is 0 Å². The van der Waals surface area contributed by atoms with Crippen molar-refractivity contribution >= 4 is 11.8 Å². The lowest BCUT2D eigenvalue weighted by atomic mass is 10.1. The smallest absolute Gasteiger partial charge is 0.254 e. The van der Waals surface area contributed by atoms with E-state index in [0.29, 0.717) is 30.0 Å². The number of carbonyl (C=O) groups is 2. The Labute approximate surface area is 141 Å². The number of benzene rings is 1. The summed E-state index contributed by atoms with van der Waals surface area (Å²) in [7, 11) is 1.59. The highest BCUT2D eigenvalue weighted by atomic mass is 16.5. The number of likely N-dealkylation sites (tertiary alicyclic amines) is 1. The summed E-state index contributed by atoms with van der Waals surface area (Å²) in [5.41, 5.74) is 5.91. The first-order chi connectivity index (χ1) is 11.6. The molecule has 3 rings (SSSR count). The Kier molecular flexibility index (Phi) is 4.92. The predicted octanol–water partition coefficient (Wildman–Crippen LogP) is 2.11. The fourth-order valence-corrected chi connectivity index (χ4v) is 3.56. The second kappa shape index (κ2) is 7.11. The lowest BCUT2D eigenvalue weighted by Gasteiger charge is -2.23. The van der Waals surface area contributed by atoms with Crippen LogP contribution in [0.25, 0.3) is 0 Å². The number of rotatable bonds is 5. The molecule has 0 aromatic heterocycles. The van der Waals surface area contributed by atoms with Crippen molar-refractivity contribution in [2.75, 3.05) is 13.7 Å². The van der Waals surface area contributed by atoms with E-state index in [4.69, 9.17) is 15.2 Å². The molecule has 130 valence electrons. The van der Waals surface area contributed by atoms with Gasteiger partial charge in [-0.2, -0.15) is 0 Å². The van der Waals surface area contributed by atoms with Gasteiger partial charge < -0.3 is 20.1 Å². The Bertz CT molecular complexity index is 625. The summed E-state index contributed by atoms with van der Waals surface area (Å²) in [5.74, 6) is 0.573. The van der Waals surface area contributed by atoms with Crippen molar-refractivity contribution in [3.05, 3.63) is 23.8 Å². The van der Waals surface area contributed by atoms with Crippen LogP contribution in [0.2, 0.25) is 0 Å². The Morgan fingerprint density at radius 2 is 1.88 bits per heavy atom. The summed E-state index contributed by atoms with van der Waals surface area (Å²) in [4.78, 5) is 25.9. The molecule has 0 spiro atoms. The van der Waals surface area contributed by atoms with Gasteiger partial charge in [0.15, 0.2) is 11.5 Å². The van der Waals surface area contributed by atoms with Gasteiger partial charge in [0.05, 0.1) is 13.2 Å². The lowest BCUT2D eigenvalue weighted by molar-refractivity contribution is -0.121. The van der Waals surface area contributed by atoms with E-state index >= 15 is 0 Å². The molecule has 1 aromatic rings. The van der Waals surface area contributed by atoms with E-state index in [-0.39, 0.29) is 12.0 Å². The molecular weight excluding hydrogens is 308 g/mol. The van der Waals surface area contributed by atoms with Crippen LogP contribution in [-0.4, -0.2) is 42.5 Å². The second-order valence-electron chi connectivity index (χ2n) is 6.45. The molecule has 24 heavy (non-hydrogen) atoms. The first-order valence-corrected chi connectivity index (χ1v) is 8.55. The minimum Gasteiger partial charge on any atom is -0.493 e. The van der Waals surface area contributed by atoms with Crippen molar-refractivity contribution in [1.29, 1.82) is 0 Å². The second-order valence-corrected chi connectivity index (χ2v) is 6.45. The number of nitrogens with two attached hydrogens (primary N) is 1. The Morgan fingerprint density at radius 1 is 1.12 bits per heavy atom. The summed E-state index contributed by atoms with van der Waals surface area (Å²) in [5, 5.41) is 0. The van der Waals surface area contributed by atoms with Gasteiger partial charge in [0.25, 0.3) is 5.91 Å². The number of hydrogen-bond donors (Lipinski definition) is 1. The summed E-state index contributed by atoms with van der Waals surface area (Å²) < 4.78 is 11.4.